The molecule has 1 fully saturated rings. The molecule has 1 aliphatic heterocycles. The summed E-state index contributed by atoms with van der Waals surface area (Å²) in [6.07, 6.45) is 0. The number of rotatable bonds is 4. The average molecular weight is 324 g/mol. The Balaban J connectivity index is 1.60. The SMILES string of the molecule is Cc1ccc(OCC(=O)N2C[C@@H](N)[C@H](c3ccccc3)C2)c(C)c1. The third-order valence-corrected chi connectivity index (χ3v) is 4.63. The highest BCUT2D eigenvalue weighted by Gasteiger charge is 2.33. The van der Waals surface area contributed by atoms with Gasteiger partial charge >= 0.3 is 0 Å². The highest BCUT2D eigenvalue weighted by molar-refractivity contribution is 5.78. The van der Waals surface area contributed by atoms with E-state index in [1.165, 1.54) is 11.1 Å². The highest BCUT2D eigenvalue weighted by Crippen LogP contribution is 2.26. The van der Waals surface area contributed by atoms with Crippen molar-refractivity contribution in [2.75, 3.05) is 19.7 Å². The first kappa shape index (κ1) is 16.5. The number of hydrogen-bond donors (Lipinski definition) is 1. The van der Waals surface area contributed by atoms with Gasteiger partial charge in [-0.2, -0.15) is 0 Å². The van der Waals surface area contributed by atoms with Crippen molar-refractivity contribution in [2.45, 2.75) is 25.8 Å². The van der Waals surface area contributed by atoms with E-state index in [1.807, 2.05) is 49.1 Å². The predicted molar refractivity (Wildman–Crippen MR) is 95.1 cm³/mol. The van der Waals surface area contributed by atoms with Crippen LogP contribution in [0.2, 0.25) is 0 Å². The first-order valence-corrected chi connectivity index (χ1v) is 8.33. The van der Waals surface area contributed by atoms with Crippen molar-refractivity contribution < 1.29 is 9.53 Å². The number of likely N-dealkylation sites (tertiary alicyclic amines) is 1. The van der Waals surface area contributed by atoms with E-state index in [0.29, 0.717) is 13.1 Å². The molecule has 1 saturated heterocycles. The summed E-state index contributed by atoms with van der Waals surface area (Å²) in [5.74, 6) is 0.942. The molecule has 4 nitrogen and oxygen atoms in total. The zero-order chi connectivity index (χ0) is 17.1. The van der Waals surface area contributed by atoms with Crippen molar-refractivity contribution in [1.29, 1.82) is 0 Å². The Morgan fingerprint density at radius 2 is 1.92 bits per heavy atom. The van der Waals surface area contributed by atoms with Crippen LogP contribution in [0.3, 0.4) is 0 Å². The van der Waals surface area contributed by atoms with Crippen molar-refractivity contribution >= 4 is 5.91 Å². The third kappa shape index (κ3) is 3.60. The van der Waals surface area contributed by atoms with Crippen LogP contribution in [0.15, 0.2) is 48.5 Å². The second-order valence-corrected chi connectivity index (χ2v) is 6.54. The van der Waals surface area contributed by atoms with E-state index in [2.05, 4.69) is 18.2 Å². The predicted octanol–water partition coefficient (Wildman–Crippen LogP) is 2.64. The van der Waals surface area contributed by atoms with E-state index in [0.717, 1.165) is 11.3 Å². The average Bonchev–Trinajstić information content (AvgIpc) is 2.96. The second-order valence-electron chi connectivity index (χ2n) is 6.54. The van der Waals surface area contributed by atoms with Crippen LogP contribution in [0.25, 0.3) is 0 Å². The van der Waals surface area contributed by atoms with Crippen LogP contribution in [-0.2, 0) is 4.79 Å². The van der Waals surface area contributed by atoms with Crippen molar-refractivity contribution in [2.24, 2.45) is 5.73 Å². The topological polar surface area (TPSA) is 55.6 Å². The molecule has 0 unspecified atom stereocenters. The minimum Gasteiger partial charge on any atom is -0.484 e. The molecule has 2 atom stereocenters. The maximum absolute atomic E-state index is 12.5. The number of ether oxygens (including phenoxy) is 1. The van der Waals surface area contributed by atoms with Gasteiger partial charge in [-0.05, 0) is 31.0 Å². The van der Waals surface area contributed by atoms with E-state index >= 15 is 0 Å². The number of carbonyl (C=O) groups excluding carboxylic acids is 1. The van der Waals surface area contributed by atoms with Crippen molar-refractivity contribution in [3.05, 3.63) is 65.2 Å². The van der Waals surface area contributed by atoms with Gasteiger partial charge in [0.15, 0.2) is 6.61 Å². The lowest BCUT2D eigenvalue weighted by atomic mass is 9.95. The molecule has 0 aliphatic carbocycles. The Labute approximate surface area is 143 Å². The van der Waals surface area contributed by atoms with E-state index in [4.69, 9.17) is 10.5 Å². The quantitative estimate of drug-likeness (QED) is 0.940. The fraction of sp³-hybridized carbons (Fsp3) is 0.350. The molecular formula is C20H24N2O2. The standard InChI is InChI=1S/C20H24N2O2/c1-14-8-9-19(15(2)10-14)24-13-20(23)22-11-17(18(21)12-22)16-6-4-3-5-7-16/h3-10,17-18H,11-13,21H2,1-2H3/t17-,18+/m0/s1. The Morgan fingerprint density at radius 1 is 1.17 bits per heavy atom. The van der Waals surface area contributed by atoms with Crippen LogP contribution in [0.4, 0.5) is 0 Å². The number of benzene rings is 2. The smallest absolute Gasteiger partial charge is 0.260 e. The van der Waals surface area contributed by atoms with Gasteiger partial charge in [-0.25, -0.2) is 0 Å². The summed E-state index contributed by atoms with van der Waals surface area (Å²) >= 11 is 0. The van der Waals surface area contributed by atoms with Crippen LogP contribution < -0.4 is 10.5 Å². The maximum atomic E-state index is 12.5. The molecule has 2 aromatic carbocycles. The summed E-state index contributed by atoms with van der Waals surface area (Å²) in [5.41, 5.74) is 9.67. The van der Waals surface area contributed by atoms with Crippen molar-refractivity contribution in [1.82, 2.24) is 4.90 Å². The largest absolute Gasteiger partial charge is 0.484 e. The van der Waals surface area contributed by atoms with Crippen LogP contribution >= 0.6 is 0 Å². The van der Waals surface area contributed by atoms with Crippen LogP contribution in [0.1, 0.15) is 22.6 Å². The van der Waals surface area contributed by atoms with Gasteiger partial charge in [0.25, 0.3) is 5.91 Å². The molecule has 3 rings (SSSR count). The van der Waals surface area contributed by atoms with Gasteiger partial charge in [-0.15, -0.1) is 0 Å². The zero-order valence-corrected chi connectivity index (χ0v) is 14.2. The Bertz CT molecular complexity index is 715. The normalized spacial score (nSPS) is 20.2. The summed E-state index contributed by atoms with van der Waals surface area (Å²) in [6, 6.07) is 16.1. The number of nitrogens with two attached hydrogens (primary N) is 1. The van der Waals surface area contributed by atoms with E-state index in [9.17, 15) is 4.79 Å². The lowest BCUT2D eigenvalue weighted by molar-refractivity contribution is -0.132. The Morgan fingerprint density at radius 3 is 2.62 bits per heavy atom. The monoisotopic (exact) mass is 324 g/mol. The van der Waals surface area contributed by atoms with Crippen molar-refractivity contribution in [3.8, 4) is 5.75 Å². The molecular weight excluding hydrogens is 300 g/mol. The number of hydrogen-bond acceptors (Lipinski definition) is 3. The first-order chi connectivity index (χ1) is 11.5. The van der Waals surface area contributed by atoms with Crippen LogP contribution in [0, 0.1) is 13.8 Å². The Hall–Kier alpha value is -2.33. The van der Waals surface area contributed by atoms with Crippen LogP contribution in [-0.4, -0.2) is 36.5 Å². The molecule has 126 valence electrons. The molecule has 1 heterocycles. The molecule has 0 radical (unpaired) electrons. The summed E-state index contributed by atoms with van der Waals surface area (Å²) in [5, 5.41) is 0. The van der Waals surface area contributed by atoms with E-state index in [1.54, 1.807) is 0 Å². The minimum atomic E-state index is -0.0301. The van der Waals surface area contributed by atoms with Gasteiger partial charge in [-0.3, -0.25) is 4.79 Å². The molecule has 1 aliphatic rings. The fourth-order valence-electron chi connectivity index (χ4n) is 3.28. The molecule has 2 aromatic rings. The molecule has 0 saturated carbocycles. The van der Waals surface area contributed by atoms with Crippen LogP contribution in [0.5, 0.6) is 5.75 Å². The van der Waals surface area contributed by atoms with E-state index < -0.39 is 0 Å². The van der Waals surface area contributed by atoms with Gasteiger partial charge in [0, 0.05) is 25.0 Å². The number of carbonyl (C=O) groups is 1. The molecule has 0 spiro atoms. The highest BCUT2D eigenvalue weighted by atomic mass is 16.5. The van der Waals surface area contributed by atoms with Gasteiger partial charge < -0.3 is 15.4 Å². The van der Waals surface area contributed by atoms with Gasteiger partial charge in [0.1, 0.15) is 5.75 Å². The lowest BCUT2D eigenvalue weighted by Crippen LogP contribution is -2.35. The number of aryl methyl sites for hydroxylation is 2. The Kier molecular flexibility index (Phi) is 4.86. The van der Waals surface area contributed by atoms with Gasteiger partial charge in [0.2, 0.25) is 0 Å². The molecule has 1 amide bonds. The minimum absolute atomic E-state index is 0.0103. The molecule has 2 N–H and O–H groups in total. The molecule has 0 bridgehead atoms. The second kappa shape index (κ2) is 7.05. The summed E-state index contributed by atoms with van der Waals surface area (Å²) < 4.78 is 5.71. The third-order valence-electron chi connectivity index (χ3n) is 4.63. The molecule has 0 aromatic heterocycles. The fourth-order valence-corrected chi connectivity index (χ4v) is 3.28. The van der Waals surface area contributed by atoms with Gasteiger partial charge in [-0.1, -0.05) is 48.0 Å². The van der Waals surface area contributed by atoms with Crippen molar-refractivity contribution in [3.63, 3.8) is 0 Å². The van der Waals surface area contributed by atoms with Gasteiger partial charge in [0.05, 0.1) is 0 Å². The first-order valence-electron chi connectivity index (χ1n) is 8.33. The number of amides is 1. The summed E-state index contributed by atoms with van der Waals surface area (Å²) in [4.78, 5) is 14.3. The summed E-state index contributed by atoms with van der Waals surface area (Å²) in [6.45, 7) is 5.31. The lowest BCUT2D eigenvalue weighted by Gasteiger charge is -2.17. The molecule has 24 heavy (non-hydrogen) atoms. The van der Waals surface area contributed by atoms with E-state index in [-0.39, 0.29) is 24.5 Å². The molecule has 4 heteroatoms. The summed E-state index contributed by atoms with van der Waals surface area (Å²) in [7, 11) is 0. The number of nitrogens with zero attached hydrogens (tertiary/aromatic N) is 1. The zero-order valence-electron chi connectivity index (χ0n) is 14.2. The maximum Gasteiger partial charge on any atom is 0.260 e.